The van der Waals surface area contributed by atoms with Crippen molar-refractivity contribution >= 4 is 11.9 Å². The van der Waals surface area contributed by atoms with E-state index in [0.29, 0.717) is 19.4 Å². The van der Waals surface area contributed by atoms with Crippen LogP contribution in [-0.2, 0) is 14.3 Å². The van der Waals surface area contributed by atoms with E-state index in [1.54, 1.807) is 6.08 Å². The number of aliphatic hydroxyl groups excluding tert-OH is 2. The fourth-order valence-electron chi connectivity index (χ4n) is 8.45. The van der Waals surface area contributed by atoms with Gasteiger partial charge in [-0.05, 0) is 64.2 Å². The second-order valence-electron chi connectivity index (χ2n) is 18.9. The van der Waals surface area contributed by atoms with Crippen LogP contribution >= 0.6 is 0 Å². The first-order valence-corrected chi connectivity index (χ1v) is 27.6. The van der Waals surface area contributed by atoms with Crippen LogP contribution < -0.4 is 5.32 Å². The maximum absolute atomic E-state index is 12.4. The second kappa shape index (κ2) is 52.0. The van der Waals surface area contributed by atoms with Crippen LogP contribution in [0.3, 0.4) is 0 Å². The van der Waals surface area contributed by atoms with E-state index in [0.717, 1.165) is 77.0 Å². The second-order valence-corrected chi connectivity index (χ2v) is 18.9. The molecule has 6 nitrogen and oxygen atoms in total. The van der Waals surface area contributed by atoms with Gasteiger partial charge < -0.3 is 20.3 Å². The lowest BCUT2D eigenvalue weighted by Crippen LogP contribution is -2.45. The molecular formula is C56H107NO5. The maximum atomic E-state index is 12.4. The van der Waals surface area contributed by atoms with Crippen molar-refractivity contribution in [2.45, 2.75) is 309 Å². The summed E-state index contributed by atoms with van der Waals surface area (Å²) in [4.78, 5) is 24.5. The van der Waals surface area contributed by atoms with Gasteiger partial charge in [-0.15, -0.1) is 0 Å². The number of aliphatic hydroxyl groups is 2. The number of carbonyl (C=O) groups is 2. The van der Waals surface area contributed by atoms with Gasteiger partial charge in [0.25, 0.3) is 0 Å². The summed E-state index contributed by atoms with van der Waals surface area (Å²) >= 11 is 0. The molecule has 2 unspecified atom stereocenters. The van der Waals surface area contributed by atoms with E-state index in [2.05, 4.69) is 31.3 Å². The van der Waals surface area contributed by atoms with E-state index >= 15 is 0 Å². The van der Waals surface area contributed by atoms with Crippen LogP contribution in [0.25, 0.3) is 0 Å². The lowest BCUT2D eigenvalue weighted by Gasteiger charge is -2.20. The molecule has 0 saturated carbocycles. The van der Waals surface area contributed by atoms with Crippen LogP contribution in [0.1, 0.15) is 296 Å². The van der Waals surface area contributed by atoms with Crippen molar-refractivity contribution in [1.29, 1.82) is 0 Å². The monoisotopic (exact) mass is 874 g/mol. The number of rotatable bonds is 51. The molecule has 0 fully saturated rings. The molecule has 0 aromatic heterocycles. The molecule has 0 heterocycles. The van der Waals surface area contributed by atoms with Gasteiger partial charge in [0.15, 0.2) is 0 Å². The lowest BCUT2D eigenvalue weighted by atomic mass is 10.0. The van der Waals surface area contributed by atoms with E-state index in [-0.39, 0.29) is 18.5 Å². The van der Waals surface area contributed by atoms with Gasteiger partial charge in [0.05, 0.1) is 25.4 Å². The fraction of sp³-hybridized carbons (Fsp3) is 0.893. The summed E-state index contributed by atoms with van der Waals surface area (Å²) in [6.07, 6.45) is 61.9. The molecular weight excluding hydrogens is 767 g/mol. The molecule has 366 valence electrons. The highest BCUT2D eigenvalue weighted by Gasteiger charge is 2.18. The molecule has 2 atom stereocenters. The van der Waals surface area contributed by atoms with Gasteiger partial charge in [-0.1, -0.05) is 244 Å². The zero-order valence-electron chi connectivity index (χ0n) is 41.6. The van der Waals surface area contributed by atoms with Crippen molar-refractivity contribution in [2.24, 2.45) is 0 Å². The number of hydrogen-bond acceptors (Lipinski definition) is 5. The highest BCUT2D eigenvalue weighted by atomic mass is 16.5. The van der Waals surface area contributed by atoms with Gasteiger partial charge in [-0.25, -0.2) is 0 Å². The predicted molar refractivity (Wildman–Crippen MR) is 269 cm³/mol. The van der Waals surface area contributed by atoms with Crippen LogP contribution in [0.5, 0.6) is 0 Å². The topological polar surface area (TPSA) is 95.9 Å². The van der Waals surface area contributed by atoms with Gasteiger partial charge in [-0.2, -0.15) is 0 Å². The Bertz CT molecular complexity index is 966. The highest BCUT2D eigenvalue weighted by molar-refractivity contribution is 5.76. The van der Waals surface area contributed by atoms with E-state index < -0.39 is 12.1 Å². The molecule has 3 N–H and O–H groups in total. The minimum absolute atomic E-state index is 0.0213. The molecule has 0 spiro atoms. The van der Waals surface area contributed by atoms with Crippen molar-refractivity contribution in [1.82, 2.24) is 5.32 Å². The minimum atomic E-state index is -0.860. The zero-order chi connectivity index (χ0) is 45.1. The van der Waals surface area contributed by atoms with Gasteiger partial charge >= 0.3 is 5.97 Å². The number of hydrogen-bond donors (Lipinski definition) is 3. The van der Waals surface area contributed by atoms with Crippen LogP contribution in [0.2, 0.25) is 0 Å². The first-order valence-electron chi connectivity index (χ1n) is 27.6. The quantitative estimate of drug-likeness (QED) is 0.0321. The standard InChI is InChI=1S/C56H107NO5/c1-3-5-7-9-11-13-15-17-19-20-21-23-24-28-32-36-40-44-48-54(59)53(52-58)57-55(60)49-45-41-37-33-29-26-27-31-35-39-43-47-51-62-56(61)50-46-42-38-34-30-25-22-18-16-14-12-10-8-6-4-2/h27,31,44,48,53-54,58-59H,3-26,28-30,32-43,45-47,49-52H2,1-2H3,(H,57,60)/b31-27-,48-44+. The molecule has 6 heteroatoms. The van der Waals surface area contributed by atoms with Crippen molar-refractivity contribution < 1.29 is 24.5 Å². The largest absolute Gasteiger partial charge is 0.466 e. The number of ether oxygens (including phenoxy) is 1. The molecule has 0 radical (unpaired) electrons. The summed E-state index contributed by atoms with van der Waals surface area (Å²) in [5, 5.41) is 23.1. The van der Waals surface area contributed by atoms with Crippen LogP contribution in [0.15, 0.2) is 24.3 Å². The molecule has 62 heavy (non-hydrogen) atoms. The van der Waals surface area contributed by atoms with Crippen LogP contribution in [0.4, 0.5) is 0 Å². The summed E-state index contributed by atoms with van der Waals surface area (Å²) in [6, 6.07) is -0.646. The molecule has 0 aliphatic carbocycles. The summed E-state index contributed by atoms with van der Waals surface area (Å²) < 4.78 is 5.45. The van der Waals surface area contributed by atoms with Crippen molar-refractivity contribution in [3.05, 3.63) is 24.3 Å². The third-order valence-electron chi connectivity index (χ3n) is 12.7. The summed E-state index contributed by atoms with van der Waals surface area (Å²) in [5.41, 5.74) is 0. The molecule has 0 saturated heterocycles. The summed E-state index contributed by atoms with van der Waals surface area (Å²) in [5.74, 6) is -0.113. The normalized spacial score (nSPS) is 12.8. The number of amides is 1. The first kappa shape index (κ1) is 60.3. The molecule has 1 amide bonds. The van der Waals surface area contributed by atoms with E-state index in [1.807, 2.05) is 6.08 Å². The smallest absolute Gasteiger partial charge is 0.305 e. The van der Waals surface area contributed by atoms with Crippen LogP contribution in [-0.4, -0.2) is 47.4 Å². The molecule has 0 aromatic carbocycles. The number of esters is 1. The Hall–Kier alpha value is -1.66. The average Bonchev–Trinajstić information content (AvgIpc) is 3.27. The summed E-state index contributed by atoms with van der Waals surface area (Å²) in [7, 11) is 0. The van der Waals surface area contributed by atoms with E-state index in [1.165, 1.54) is 193 Å². The molecule has 0 aliphatic heterocycles. The molecule has 0 aliphatic rings. The predicted octanol–water partition coefficient (Wildman–Crippen LogP) is 16.7. The van der Waals surface area contributed by atoms with Gasteiger partial charge in [0.2, 0.25) is 5.91 Å². The third kappa shape index (κ3) is 47.8. The number of unbranched alkanes of at least 4 members (excludes halogenated alkanes) is 38. The molecule has 0 bridgehead atoms. The Morgan fingerprint density at radius 1 is 0.435 bits per heavy atom. The van der Waals surface area contributed by atoms with E-state index in [4.69, 9.17) is 4.74 Å². The Morgan fingerprint density at radius 3 is 1.15 bits per heavy atom. The molecule has 0 aromatic rings. The van der Waals surface area contributed by atoms with Crippen molar-refractivity contribution in [3.63, 3.8) is 0 Å². The fourth-order valence-corrected chi connectivity index (χ4v) is 8.45. The van der Waals surface area contributed by atoms with Crippen LogP contribution in [0, 0.1) is 0 Å². The van der Waals surface area contributed by atoms with E-state index in [9.17, 15) is 19.8 Å². The number of nitrogens with one attached hydrogen (secondary N) is 1. The maximum Gasteiger partial charge on any atom is 0.305 e. The van der Waals surface area contributed by atoms with Gasteiger partial charge in [-0.3, -0.25) is 9.59 Å². The Balaban J connectivity index is 3.53. The number of carbonyl (C=O) groups excluding carboxylic acids is 2. The Labute approximate surface area is 386 Å². The lowest BCUT2D eigenvalue weighted by molar-refractivity contribution is -0.143. The zero-order valence-corrected chi connectivity index (χ0v) is 41.6. The highest BCUT2D eigenvalue weighted by Crippen LogP contribution is 2.16. The molecule has 0 rings (SSSR count). The first-order chi connectivity index (χ1) is 30.5. The Kier molecular flexibility index (Phi) is 50.6. The van der Waals surface area contributed by atoms with Gasteiger partial charge in [0, 0.05) is 12.8 Å². The Morgan fingerprint density at radius 2 is 0.758 bits per heavy atom. The summed E-state index contributed by atoms with van der Waals surface area (Å²) in [6.45, 7) is 4.86. The van der Waals surface area contributed by atoms with Crippen molar-refractivity contribution in [2.75, 3.05) is 13.2 Å². The average molecular weight is 874 g/mol. The minimum Gasteiger partial charge on any atom is -0.466 e. The number of allylic oxidation sites excluding steroid dienone is 3. The van der Waals surface area contributed by atoms with Gasteiger partial charge in [0.1, 0.15) is 0 Å². The SMILES string of the molecule is CCCCCCCCCCCCCCCCCC/C=C/C(O)C(CO)NC(=O)CCCCCCC/C=C\CCCCCOC(=O)CCCCCCCCCCCCCCCCC. The third-order valence-corrected chi connectivity index (χ3v) is 12.7. The van der Waals surface area contributed by atoms with Crippen molar-refractivity contribution in [3.8, 4) is 0 Å².